The van der Waals surface area contributed by atoms with E-state index in [-0.39, 0.29) is 11.8 Å². The maximum Gasteiger partial charge on any atom is 0.490 e. The van der Waals surface area contributed by atoms with Crippen LogP contribution in [0.4, 0.5) is 38.2 Å². The number of aryl methyl sites for hydroxylation is 6. The second-order valence-electron chi connectivity index (χ2n) is 13.6. The predicted molar refractivity (Wildman–Crippen MR) is 217 cm³/mol. The molecule has 0 aliphatic rings. The van der Waals surface area contributed by atoms with Crippen molar-refractivity contribution >= 4 is 69.6 Å². The molecule has 348 valence electrons. The summed E-state index contributed by atoms with van der Waals surface area (Å²) in [6, 6.07) is 13.5. The van der Waals surface area contributed by atoms with E-state index < -0.39 is 36.2 Å². The molecule has 4 heterocycles. The first-order chi connectivity index (χ1) is 30.4. The topological polar surface area (TPSA) is 273 Å². The lowest BCUT2D eigenvalue weighted by Gasteiger charge is -2.13. The molecule has 26 heteroatoms. The minimum Gasteiger partial charge on any atom is -0.475 e. The van der Waals surface area contributed by atoms with Crippen LogP contribution in [0.2, 0.25) is 0 Å². The van der Waals surface area contributed by atoms with Gasteiger partial charge in [-0.25, -0.2) is 24.4 Å². The van der Waals surface area contributed by atoms with Gasteiger partial charge in [0.05, 0.1) is 46.1 Å². The standard InChI is InChI=1S/C35H39N11O5.2C2HF3O2/c1-6-45-28(16-20(3)41-45)31(48)39-34-37-24-18-22(30(36)47)10-12-26(24)43(34)14-8-9-15-44-27-13-11-23(33(50)51-5)19-25(27)38-35(44)40-32(49)29-17-21(4)42-46(29)7-2;2*3-2(4,5)1(6)7/h10-13,16-19H,6-9,14-15H2,1-5H3,(H2,36,47)(H,37,39,48)(H,38,40,49);2*(H,6,7). The number of hydrogen-bond acceptors (Lipinski definition) is 11. The Labute approximate surface area is 363 Å². The molecule has 0 saturated heterocycles. The number of primary amides is 1. The third-order valence-electron chi connectivity index (χ3n) is 9.02. The molecule has 6 N–H and O–H groups in total. The number of esters is 1. The molecule has 65 heavy (non-hydrogen) atoms. The van der Waals surface area contributed by atoms with Gasteiger partial charge in [-0.3, -0.25) is 34.4 Å². The van der Waals surface area contributed by atoms with E-state index in [0.29, 0.717) is 84.5 Å². The summed E-state index contributed by atoms with van der Waals surface area (Å²) in [5.41, 5.74) is 10.9. The van der Waals surface area contributed by atoms with Gasteiger partial charge in [0.1, 0.15) is 11.4 Å². The lowest BCUT2D eigenvalue weighted by molar-refractivity contribution is -0.193. The molecule has 3 amide bonds. The Morgan fingerprint density at radius 2 is 1.03 bits per heavy atom. The number of imidazole rings is 2. The summed E-state index contributed by atoms with van der Waals surface area (Å²) < 4.78 is 75.4. The summed E-state index contributed by atoms with van der Waals surface area (Å²) in [7, 11) is 1.31. The molecule has 20 nitrogen and oxygen atoms in total. The Morgan fingerprint density at radius 1 is 0.662 bits per heavy atom. The molecule has 6 aromatic rings. The number of carboxylic acid groups (broad SMARTS) is 2. The molecule has 0 spiro atoms. The van der Waals surface area contributed by atoms with Gasteiger partial charge in [0.15, 0.2) is 0 Å². The van der Waals surface area contributed by atoms with Crippen molar-refractivity contribution in [3.05, 3.63) is 82.4 Å². The molecule has 4 aromatic heterocycles. The van der Waals surface area contributed by atoms with Gasteiger partial charge in [0, 0.05) is 31.7 Å². The number of nitrogens with one attached hydrogen (secondary N) is 2. The summed E-state index contributed by atoms with van der Waals surface area (Å²) in [4.78, 5) is 78.1. The molecule has 2 aromatic carbocycles. The number of methoxy groups -OCH3 is 1. The Hall–Kier alpha value is -7.80. The van der Waals surface area contributed by atoms with Gasteiger partial charge in [-0.1, -0.05) is 0 Å². The summed E-state index contributed by atoms with van der Waals surface area (Å²) >= 11 is 0. The third-order valence-corrected chi connectivity index (χ3v) is 9.02. The number of aliphatic carboxylic acids is 2. The largest absolute Gasteiger partial charge is 0.490 e. The molecular formula is C39H41F6N11O9. The van der Waals surface area contributed by atoms with Crippen LogP contribution in [-0.4, -0.2) is 104 Å². The van der Waals surface area contributed by atoms with E-state index >= 15 is 0 Å². The number of halogens is 6. The first-order valence-electron chi connectivity index (χ1n) is 19.1. The zero-order chi connectivity index (χ0) is 48.6. The van der Waals surface area contributed by atoms with E-state index in [0.717, 1.165) is 22.4 Å². The lowest BCUT2D eigenvalue weighted by atomic mass is 10.2. The van der Waals surface area contributed by atoms with Crippen LogP contribution in [0.25, 0.3) is 22.1 Å². The number of ether oxygens (including phenoxy) is 1. The number of benzene rings is 2. The quantitative estimate of drug-likeness (QED) is 0.0539. The molecule has 0 atom stereocenters. The first-order valence-corrected chi connectivity index (χ1v) is 19.1. The number of anilines is 2. The maximum atomic E-state index is 13.4. The zero-order valence-electron chi connectivity index (χ0n) is 35.0. The number of unbranched alkanes of at least 4 members (excludes halogenated alkanes) is 1. The van der Waals surface area contributed by atoms with E-state index in [1.165, 1.54) is 7.11 Å². The van der Waals surface area contributed by atoms with Crippen molar-refractivity contribution < 1.29 is 70.1 Å². The van der Waals surface area contributed by atoms with Crippen LogP contribution >= 0.6 is 0 Å². The number of carboxylic acids is 2. The SMILES string of the molecule is CCn1nc(C)cc1C(=O)Nc1nc2cc(C(N)=O)ccc2n1CCCCn1c(NC(=O)c2cc(C)nn2CC)nc2cc(C(=O)OC)ccc21.O=C(O)C(F)(F)F.O=C(O)C(F)(F)F. The van der Waals surface area contributed by atoms with Crippen LogP contribution in [0.15, 0.2) is 48.5 Å². The number of alkyl halides is 6. The Morgan fingerprint density at radius 3 is 1.37 bits per heavy atom. The second kappa shape index (κ2) is 20.6. The van der Waals surface area contributed by atoms with Gasteiger partial charge in [-0.2, -0.15) is 36.5 Å². The highest BCUT2D eigenvalue weighted by atomic mass is 19.4. The van der Waals surface area contributed by atoms with Crippen molar-refractivity contribution in [1.29, 1.82) is 0 Å². The average molecular weight is 922 g/mol. The van der Waals surface area contributed by atoms with Crippen LogP contribution in [0.3, 0.4) is 0 Å². The Kier molecular flexibility index (Phi) is 15.8. The normalized spacial score (nSPS) is 11.3. The van der Waals surface area contributed by atoms with Crippen molar-refractivity contribution in [2.45, 2.75) is 79.1 Å². The molecular weight excluding hydrogens is 880 g/mol. The van der Waals surface area contributed by atoms with Crippen molar-refractivity contribution in [2.75, 3.05) is 17.7 Å². The van der Waals surface area contributed by atoms with Crippen LogP contribution in [0.5, 0.6) is 0 Å². The van der Waals surface area contributed by atoms with Crippen LogP contribution in [0, 0.1) is 13.8 Å². The molecule has 0 saturated carbocycles. The minimum atomic E-state index is -5.08. The maximum absolute atomic E-state index is 13.4. The van der Waals surface area contributed by atoms with Crippen LogP contribution < -0.4 is 16.4 Å². The summed E-state index contributed by atoms with van der Waals surface area (Å²) in [6.07, 6.45) is -8.90. The highest BCUT2D eigenvalue weighted by Crippen LogP contribution is 2.26. The monoisotopic (exact) mass is 921 g/mol. The number of nitrogens with zero attached hydrogens (tertiary/aromatic N) is 8. The third kappa shape index (κ3) is 12.4. The average Bonchev–Trinajstić information content (AvgIpc) is 4.00. The predicted octanol–water partition coefficient (Wildman–Crippen LogP) is 5.57. The van der Waals surface area contributed by atoms with Crippen molar-refractivity contribution in [2.24, 2.45) is 5.73 Å². The fraction of sp³-hybridized carbons (Fsp3) is 0.333. The number of carbonyl (C=O) groups is 6. The van der Waals surface area contributed by atoms with Gasteiger partial charge in [0.2, 0.25) is 17.8 Å². The van der Waals surface area contributed by atoms with Crippen LogP contribution in [0.1, 0.15) is 79.8 Å². The highest BCUT2D eigenvalue weighted by Gasteiger charge is 2.39. The molecule has 6 rings (SSSR count). The molecule has 0 unspecified atom stereocenters. The van der Waals surface area contributed by atoms with Crippen molar-refractivity contribution in [1.82, 2.24) is 38.7 Å². The van der Waals surface area contributed by atoms with E-state index in [9.17, 15) is 45.5 Å². The van der Waals surface area contributed by atoms with Gasteiger partial charge < -0.3 is 29.8 Å². The molecule has 0 radical (unpaired) electrons. The minimum absolute atomic E-state index is 0.304. The number of rotatable bonds is 13. The molecule has 0 bridgehead atoms. The smallest absolute Gasteiger partial charge is 0.475 e. The molecule has 0 aliphatic carbocycles. The van der Waals surface area contributed by atoms with Gasteiger partial charge >= 0.3 is 30.3 Å². The van der Waals surface area contributed by atoms with Crippen molar-refractivity contribution in [3.63, 3.8) is 0 Å². The number of carbonyl (C=O) groups excluding carboxylic acids is 4. The Balaban J connectivity index is 0.000000572. The second-order valence-corrected chi connectivity index (χ2v) is 13.6. The van der Waals surface area contributed by atoms with Gasteiger partial charge in [-0.15, -0.1) is 0 Å². The number of aromatic nitrogens is 8. The zero-order valence-corrected chi connectivity index (χ0v) is 35.0. The summed E-state index contributed by atoms with van der Waals surface area (Å²) in [6.45, 7) is 9.43. The number of fused-ring (bicyclic) bond motifs is 2. The van der Waals surface area contributed by atoms with E-state index in [2.05, 4.69) is 30.8 Å². The molecule has 0 aliphatic heterocycles. The van der Waals surface area contributed by atoms with Crippen LogP contribution in [-0.2, 0) is 40.5 Å². The summed E-state index contributed by atoms with van der Waals surface area (Å²) in [5.74, 6) is -6.67. The lowest BCUT2D eigenvalue weighted by Crippen LogP contribution is -2.21. The number of amides is 3. The van der Waals surface area contributed by atoms with E-state index in [4.69, 9.17) is 30.3 Å². The Bertz CT molecular complexity index is 2730. The fourth-order valence-electron chi connectivity index (χ4n) is 6.11. The number of hydrogen-bond donors (Lipinski definition) is 5. The highest BCUT2D eigenvalue weighted by molar-refractivity contribution is 6.04. The van der Waals surface area contributed by atoms with Crippen molar-refractivity contribution in [3.8, 4) is 0 Å². The fourth-order valence-corrected chi connectivity index (χ4v) is 6.11. The summed E-state index contributed by atoms with van der Waals surface area (Å²) in [5, 5.41) is 28.9. The van der Waals surface area contributed by atoms with E-state index in [1.54, 1.807) is 57.9 Å². The first kappa shape index (κ1) is 49.9. The van der Waals surface area contributed by atoms with E-state index in [1.807, 2.05) is 36.8 Å². The number of nitrogens with two attached hydrogens (primary N) is 1. The van der Waals surface area contributed by atoms with Gasteiger partial charge in [0.25, 0.3) is 11.8 Å². The van der Waals surface area contributed by atoms with Gasteiger partial charge in [-0.05, 0) is 89.1 Å². The molecule has 0 fully saturated rings.